The molecule has 0 bridgehead atoms. The van der Waals surface area contributed by atoms with Gasteiger partial charge in [0.1, 0.15) is 0 Å². The van der Waals surface area contributed by atoms with Gasteiger partial charge in [-0.1, -0.05) is 12.1 Å². The minimum absolute atomic E-state index is 0.377. The van der Waals surface area contributed by atoms with Crippen LogP contribution in [0.3, 0.4) is 0 Å². The van der Waals surface area contributed by atoms with E-state index in [1.54, 1.807) is 18.2 Å². The molecule has 0 radical (unpaired) electrons. The fraction of sp³-hybridized carbons (Fsp3) is 0.429. The Morgan fingerprint density at radius 1 is 1.05 bits per heavy atom. The van der Waals surface area contributed by atoms with E-state index < -0.39 is 30.0 Å². The van der Waals surface area contributed by atoms with E-state index >= 15 is 0 Å². The average molecular weight is 273 g/mol. The lowest BCUT2D eigenvalue weighted by Crippen LogP contribution is -2.41. The Hall–Kier alpha value is -1.66. The van der Waals surface area contributed by atoms with E-state index in [9.17, 15) is 9.59 Å². The van der Waals surface area contributed by atoms with Gasteiger partial charge >= 0.3 is 7.12 Å². The van der Waals surface area contributed by atoms with Gasteiger partial charge in [0.15, 0.2) is 0 Å². The zero-order chi connectivity index (χ0) is 14.7. The van der Waals surface area contributed by atoms with Crippen LogP contribution in [0.1, 0.15) is 38.1 Å². The number of ketones is 1. The number of rotatable bonds is 1. The van der Waals surface area contributed by atoms with Gasteiger partial charge in [0.2, 0.25) is 0 Å². The Labute approximate surface area is 117 Å². The molecule has 0 atom stereocenters. The molecule has 2 aliphatic heterocycles. The lowest BCUT2D eigenvalue weighted by atomic mass is 9.77. The highest BCUT2D eigenvalue weighted by atomic mass is 16.7. The molecule has 0 saturated carbocycles. The van der Waals surface area contributed by atoms with Crippen LogP contribution in [0, 0.1) is 0 Å². The van der Waals surface area contributed by atoms with Crippen LogP contribution in [0.5, 0.6) is 0 Å². The van der Waals surface area contributed by atoms with Gasteiger partial charge in [-0.05, 0) is 33.8 Å². The van der Waals surface area contributed by atoms with Crippen LogP contribution in [0.15, 0.2) is 18.2 Å². The Kier molecular flexibility index (Phi) is 2.62. The molecule has 6 heteroatoms. The number of amides is 1. The van der Waals surface area contributed by atoms with Gasteiger partial charge in [0, 0.05) is 5.46 Å². The number of benzene rings is 1. The summed E-state index contributed by atoms with van der Waals surface area (Å²) in [5, 5.41) is 2.60. The predicted molar refractivity (Wildman–Crippen MR) is 75.1 cm³/mol. The Morgan fingerprint density at radius 2 is 1.65 bits per heavy atom. The summed E-state index contributed by atoms with van der Waals surface area (Å²) < 4.78 is 11.9. The number of hydrogen-bond acceptors (Lipinski definition) is 4. The maximum Gasteiger partial charge on any atom is 0.497 e. The summed E-state index contributed by atoms with van der Waals surface area (Å²) in [6.07, 6.45) is 0. The number of Topliss-reactive ketones (excluding diaryl/α,β-unsaturated/α-hetero) is 1. The van der Waals surface area contributed by atoms with Crippen molar-refractivity contribution < 1.29 is 18.9 Å². The van der Waals surface area contributed by atoms with Crippen molar-refractivity contribution in [3.05, 3.63) is 23.8 Å². The fourth-order valence-corrected chi connectivity index (χ4v) is 2.36. The molecule has 5 nitrogen and oxygen atoms in total. The molecule has 0 spiro atoms. The third kappa shape index (κ3) is 1.72. The standard InChI is InChI=1S/C14H16BNO4/c1-13(2)14(3,4)20-15(19-13)9-7-5-6-8-10(9)16-12(18)11(8)17/h5-7H,1-4H3,(H,16,17,18). The van der Waals surface area contributed by atoms with E-state index in [1.165, 1.54) is 0 Å². The molecule has 0 aromatic heterocycles. The lowest BCUT2D eigenvalue weighted by Gasteiger charge is -2.32. The molecule has 2 aliphatic rings. The van der Waals surface area contributed by atoms with Gasteiger partial charge in [0.05, 0.1) is 22.5 Å². The number of para-hydroxylation sites is 1. The highest BCUT2D eigenvalue weighted by Gasteiger charge is 2.53. The SMILES string of the molecule is CC1(C)OB(c2cccc3c2NC(=O)C3=O)OC1(C)C. The number of carbonyl (C=O) groups is 2. The summed E-state index contributed by atoms with van der Waals surface area (Å²) in [7, 11) is -0.596. The number of fused-ring (bicyclic) bond motifs is 1. The Balaban J connectivity index is 2.03. The summed E-state index contributed by atoms with van der Waals surface area (Å²) in [4.78, 5) is 23.2. The van der Waals surface area contributed by atoms with E-state index in [-0.39, 0.29) is 0 Å². The molecule has 104 valence electrons. The molecule has 20 heavy (non-hydrogen) atoms. The van der Waals surface area contributed by atoms with Gasteiger partial charge in [-0.15, -0.1) is 0 Å². The van der Waals surface area contributed by atoms with Crippen LogP contribution >= 0.6 is 0 Å². The zero-order valence-electron chi connectivity index (χ0n) is 11.9. The van der Waals surface area contributed by atoms with Crippen molar-refractivity contribution in [1.82, 2.24) is 0 Å². The van der Waals surface area contributed by atoms with Crippen molar-refractivity contribution in [2.45, 2.75) is 38.9 Å². The van der Waals surface area contributed by atoms with Gasteiger partial charge in [0.25, 0.3) is 11.7 Å². The molecule has 1 N–H and O–H groups in total. The van der Waals surface area contributed by atoms with Gasteiger partial charge in [-0.25, -0.2) is 0 Å². The molecule has 1 saturated heterocycles. The number of carbonyl (C=O) groups excluding carboxylic acids is 2. The summed E-state index contributed by atoms with van der Waals surface area (Å²) in [6, 6.07) is 5.17. The fourth-order valence-electron chi connectivity index (χ4n) is 2.36. The monoisotopic (exact) mass is 273 g/mol. The van der Waals surface area contributed by atoms with E-state index in [4.69, 9.17) is 9.31 Å². The number of anilines is 1. The van der Waals surface area contributed by atoms with Gasteiger partial charge in [-0.2, -0.15) is 0 Å². The molecule has 3 rings (SSSR count). The van der Waals surface area contributed by atoms with Crippen LogP contribution in [0.25, 0.3) is 0 Å². The van der Waals surface area contributed by atoms with Crippen LogP contribution in [-0.4, -0.2) is 30.0 Å². The highest BCUT2D eigenvalue weighted by molar-refractivity contribution is 6.66. The van der Waals surface area contributed by atoms with Gasteiger partial charge < -0.3 is 14.6 Å². The smallest absolute Gasteiger partial charge is 0.399 e. The largest absolute Gasteiger partial charge is 0.497 e. The summed E-state index contributed by atoms with van der Waals surface area (Å²) in [5.74, 6) is -1.12. The molecule has 1 amide bonds. The molecular formula is C14H16BNO4. The van der Waals surface area contributed by atoms with Gasteiger partial charge in [-0.3, -0.25) is 9.59 Å². The quantitative estimate of drug-likeness (QED) is 0.615. The number of nitrogens with one attached hydrogen (secondary N) is 1. The second kappa shape index (κ2) is 3.93. The third-order valence-corrected chi connectivity index (χ3v) is 4.29. The topological polar surface area (TPSA) is 64.6 Å². The maximum absolute atomic E-state index is 11.7. The normalized spacial score (nSPS) is 22.9. The van der Waals surface area contributed by atoms with Crippen molar-refractivity contribution in [2.75, 3.05) is 5.32 Å². The minimum atomic E-state index is -0.607. The molecule has 1 fully saturated rings. The summed E-state index contributed by atoms with van der Waals surface area (Å²) in [5.41, 5.74) is 0.628. The summed E-state index contributed by atoms with van der Waals surface area (Å²) >= 11 is 0. The maximum atomic E-state index is 11.7. The molecule has 0 unspecified atom stereocenters. The van der Waals surface area contributed by atoms with Crippen molar-refractivity contribution >= 4 is 30.0 Å². The number of hydrogen-bond donors (Lipinski definition) is 1. The molecular weight excluding hydrogens is 257 g/mol. The van der Waals surface area contributed by atoms with Crippen LogP contribution in [-0.2, 0) is 14.1 Å². The van der Waals surface area contributed by atoms with E-state index in [0.29, 0.717) is 16.7 Å². The molecule has 1 aromatic carbocycles. The van der Waals surface area contributed by atoms with E-state index in [2.05, 4.69) is 5.32 Å². The van der Waals surface area contributed by atoms with E-state index in [1.807, 2.05) is 27.7 Å². The second-order valence-electron chi connectivity index (χ2n) is 6.14. The zero-order valence-corrected chi connectivity index (χ0v) is 11.9. The Morgan fingerprint density at radius 3 is 2.25 bits per heavy atom. The molecule has 1 aromatic rings. The van der Waals surface area contributed by atoms with Crippen LogP contribution in [0.4, 0.5) is 5.69 Å². The molecule has 2 heterocycles. The van der Waals surface area contributed by atoms with Crippen molar-refractivity contribution in [2.24, 2.45) is 0 Å². The van der Waals surface area contributed by atoms with Crippen LogP contribution < -0.4 is 10.8 Å². The first-order chi connectivity index (χ1) is 9.23. The third-order valence-electron chi connectivity index (χ3n) is 4.29. The van der Waals surface area contributed by atoms with Crippen molar-refractivity contribution in [3.63, 3.8) is 0 Å². The molecule has 0 aliphatic carbocycles. The lowest BCUT2D eigenvalue weighted by molar-refractivity contribution is -0.112. The highest BCUT2D eigenvalue weighted by Crippen LogP contribution is 2.37. The second-order valence-corrected chi connectivity index (χ2v) is 6.14. The average Bonchev–Trinajstić information content (AvgIpc) is 2.74. The minimum Gasteiger partial charge on any atom is -0.399 e. The first-order valence-corrected chi connectivity index (χ1v) is 6.57. The first-order valence-electron chi connectivity index (χ1n) is 6.57. The predicted octanol–water partition coefficient (Wildman–Crippen LogP) is 1.12. The van der Waals surface area contributed by atoms with Crippen LogP contribution in [0.2, 0.25) is 0 Å². The van der Waals surface area contributed by atoms with E-state index in [0.717, 1.165) is 0 Å². The van der Waals surface area contributed by atoms with Crippen molar-refractivity contribution in [1.29, 1.82) is 0 Å². The summed E-state index contributed by atoms with van der Waals surface area (Å²) in [6.45, 7) is 7.83. The Bertz CT molecular complexity index is 608. The van der Waals surface area contributed by atoms with Crippen molar-refractivity contribution in [3.8, 4) is 0 Å². The first kappa shape index (κ1) is 13.3.